The Kier molecular flexibility index (Phi) is 5.55. The Labute approximate surface area is 133 Å². The van der Waals surface area contributed by atoms with E-state index in [1.54, 1.807) is 12.4 Å². The number of hydrogen-bond donors (Lipinski definition) is 2. The van der Waals surface area contributed by atoms with Crippen molar-refractivity contribution >= 4 is 29.4 Å². The number of nitrogens with one attached hydrogen (secondary N) is 2. The Morgan fingerprint density at radius 1 is 1.14 bits per heavy atom. The zero-order valence-corrected chi connectivity index (χ0v) is 13.2. The number of carbonyl (C=O) groups excluding carboxylic acids is 2. The number of rotatable bonds is 4. The van der Waals surface area contributed by atoms with Crippen LogP contribution >= 0.6 is 11.8 Å². The Morgan fingerprint density at radius 2 is 1.86 bits per heavy atom. The van der Waals surface area contributed by atoms with E-state index in [-0.39, 0.29) is 11.7 Å². The largest absolute Gasteiger partial charge is 0.325 e. The molecule has 0 unspecified atom stereocenters. The van der Waals surface area contributed by atoms with Gasteiger partial charge in [0, 0.05) is 23.0 Å². The first kappa shape index (κ1) is 16.0. The first-order chi connectivity index (χ1) is 10.5. The SMILES string of the molecule is Cc1ccc(NC(=O)NC(=O)CSc2ccncc2)c(C)c1. The number of hydrogen-bond acceptors (Lipinski definition) is 4. The highest BCUT2D eigenvalue weighted by Gasteiger charge is 2.09. The van der Waals surface area contributed by atoms with Crippen molar-refractivity contribution in [2.75, 3.05) is 11.1 Å². The van der Waals surface area contributed by atoms with Gasteiger partial charge in [0.1, 0.15) is 0 Å². The molecule has 0 fully saturated rings. The smallest absolute Gasteiger partial charge is 0.307 e. The molecular formula is C16H17N3O2S. The third-order valence-electron chi connectivity index (χ3n) is 2.90. The Balaban J connectivity index is 1.82. The fraction of sp³-hybridized carbons (Fsp3) is 0.188. The Morgan fingerprint density at radius 3 is 2.55 bits per heavy atom. The van der Waals surface area contributed by atoms with Crippen LogP contribution in [0, 0.1) is 13.8 Å². The van der Waals surface area contributed by atoms with E-state index in [1.165, 1.54) is 11.8 Å². The molecule has 0 aliphatic rings. The van der Waals surface area contributed by atoms with E-state index >= 15 is 0 Å². The van der Waals surface area contributed by atoms with Gasteiger partial charge in [-0.2, -0.15) is 0 Å². The molecule has 2 aromatic rings. The van der Waals surface area contributed by atoms with E-state index in [2.05, 4.69) is 15.6 Å². The first-order valence-corrected chi connectivity index (χ1v) is 7.74. The molecule has 1 aromatic heterocycles. The van der Waals surface area contributed by atoms with Gasteiger partial charge in [-0.3, -0.25) is 15.1 Å². The minimum absolute atomic E-state index is 0.171. The molecule has 0 saturated carbocycles. The summed E-state index contributed by atoms with van der Waals surface area (Å²) in [6.07, 6.45) is 3.32. The van der Waals surface area contributed by atoms with Gasteiger partial charge in [0.15, 0.2) is 0 Å². The van der Waals surface area contributed by atoms with Gasteiger partial charge in [0.25, 0.3) is 0 Å². The number of amides is 3. The van der Waals surface area contributed by atoms with Crippen LogP contribution in [-0.4, -0.2) is 22.7 Å². The number of benzene rings is 1. The summed E-state index contributed by atoms with van der Waals surface area (Å²) in [5.74, 6) is -0.173. The molecule has 0 atom stereocenters. The van der Waals surface area contributed by atoms with Gasteiger partial charge in [-0.05, 0) is 37.6 Å². The third kappa shape index (κ3) is 4.89. The van der Waals surface area contributed by atoms with E-state index in [0.717, 1.165) is 16.0 Å². The van der Waals surface area contributed by atoms with Crippen LogP contribution in [-0.2, 0) is 4.79 Å². The lowest BCUT2D eigenvalue weighted by Crippen LogP contribution is -2.35. The number of anilines is 1. The van der Waals surface area contributed by atoms with Crippen LogP contribution in [0.1, 0.15) is 11.1 Å². The Hall–Kier alpha value is -2.34. The van der Waals surface area contributed by atoms with E-state index in [1.807, 2.05) is 44.2 Å². The summed E-state index contributed by atoms with van der Waals surface area (Å²) in [6, 6.07) is 8.80. The van der Waals surface area contributed by atoms with Gasteiger partial charge in [-0.1, -0.05) is 17.7 Å². The molecule has 0 bridgehead atoms. The van der Waals surface area contributed by atoms with Crippen LogP contribution in [0.15, 0.2) is 47.6 Å². The average Bonchev–Trinajstić information content (AvgIpc) is 2.49. The summed E-state index contributed by atoms with van der Waals surface area (Å²) >= 11 is 1.35. The monoisotopic (exact) mass is 315 g/mol. The molecule has 0 aliphatic carbocycles. The maximum absolute atomic E-state index is 11.8. The van der Waals surface area contributed by atoms with E-state index < -0.39 is 6.03 Å². The zero-order chi connectivity index (χ0) is 15.9. The van der Waals surface area contributed by atoms with Crippen LogP contribution in [0.25, 0.3) is 0 Å². The van der Waals surface area contributed by atoms with Gasteiger partial charge >= 0.3 is 6.03 Å². The summed E-state index contributed by atoms with van der Waals surface area (Å²) in [7, 11) is 0. The quantitative estimate of drug-likeness (QED) is 0.850. The zero-order valence-electron chi connectivity index (χ0n) is 12.4. The number of aryl methyl sites for hydroxylation is 2. The van der Waals surface area contributed by atoms with Crippen molar-refractivity contribution in [2.45, 2.75) is 18.7 Å². The maximum atomic E-state index is 11.8. The van der Waals surface area contributed by atoms with Gasteiger partial charge in [-0.15, -0.1) is 11.8 Å². The lowest BCUT2D eigenvalue weighted by atomic mass is 10.1. The summed E-state index contributed by atoms with van der Waals surface area (Å²) in [4.78, 5) is 28.4. The molecule has 0 radical (unpaired) electrons. The highest BCUT2D eigenvalue weighted by molar-refractivity contribution is 8.00. The van der Waals surface area contributed by atoms with Gasteiger partial charge in [0.05, 0.1) is 5.75 Å². The predicted octanol–water partition coefficient (Wildman–Crippen LogP) is 3.14. The second-order valence-electron chi connectivity index (χ2n) is 4.79. The van der Waals surface area contributed by atoms with Gasteiger partial charge in [-0.25, -0.2) is 4.79 Å². The summed E-state index contributed by atoms with van der Waals surface area (Å²) in [5, 5.41) is 4.99. The van der Waals surface area contributed by atoms with Crippen molar-refractivity contribution in [3.8, 4) is 0 Å². The second-order valence-corrected chi connectivity index (χ2v) is 5.84. The highest BCUT2D eigenvalue weighted by atomic mass is 32.2. The van der Waals surface area contributed by atoms with E-state index in [4.69, 9.17) is 0 Å². The number of urea groups is 1. The lowest BCUT2D eigenvalue weighted by Gasteiger charge is -2.09. The molecular weight excluding hydrogens is 298 g/mol. The van der Waals surface area contributed by atoms with Crippen molar-refractivity contribution < 1.29 is 9.59 Å². The van der Waals surface area contributed by atoms with Crippen molar-refractivity contribution in [3.63, 3.8) is 0 Å². The fourth-order valence-corrected chi connectivity index (χ4v) is 2.54. The Bertz CT molecular complexity index is 674. The number of thioether (sulfide) groups is 1. The lowest BCUT2D eigenvalue weighted by molar-refractivity contribution is -0.117. The standard InChI is InChI=1S/C16H17N3O2S/c1-11-3-4-14(12(2)9-11)18-16(21)19-15(20)10-22-13-5-7-17-8-6-13/h3-9H,10H2,1-2H3,(H2,18,19,20,21). The van der Waals surface area contributed by atoms with Crippen molar-refractivity contribution in [1.29, 1.82) is 0 Å². The van der Waals surface area contributed by atoms with Crippen LogP contribution in [0.5, 0.6) is 0 Å². The van der Waals surface area contributed by atoms with Crippen molar-refractivity contribution in [1.82, 2.24) is 10.3 Å². The van der Waals surface area contributed by atoms with Crippen LogP contribution in [0.3, 0.4) is 0 Å². The second kappa shape index (κ2) is 7.61. The number of carbonyl (C=O) groups is 2. The van der Waals surface area contributed by atoms with Gasteiger partial charge in [0.2, 0.25) is 5.91 Å². The van der Waals surface area contributed by atoms with Crippen molar-refractivity contribution in [3.05, 3.63) is 53.9 Å². The molecule has 22 heavy (non-hydrogen) atoms. The number of imide groups is 1. The average molecular weight is 315 g/mol. The minimum atomic E-state index is -0.521. The van der Waals surface area contributed by atoms with Crippen LogP contribution in [0.2, 0.25) is 0 Å². The predicted molar refractivity (Wildman–Crippen MR) is 88.0 cm³/mol. The molecule has 6 heteroatoms. The molecule has 2 N–H and O–H groups in total. The molecule has 2 rings (SSSR count). The fourth-order valence-electron chi connectivity index (χ4n) is 1.85. The van der Waals surface area contributed by atoms with Crippen LogP contribution in [0.4, 0.5) is 10.5 Å². The molecule has 1 aromatic carbocycles. The topological polar surface area (TPSA) is 71.1 Å². The molecule has 0 spiro atoms. The van der Waals surface area contributed by atoms with Crippen molar-refractivity contribution in [2.24, 2.45) is 0 Å². The van der Waals surface area contributed by atoms with Crippen LogP contribution < -0.4 is 10.6 Å². The number of aromatic nitrogens is 1. The highest BCUT2D eigenvalue weighted by Crippen LogP contribution is 2.17. The van der Waals surface area contributed by atoms with E-state index in [9.17, 15) is 9.59 Å². The summed E-state index contributed by atoms with van der Waals surface area (Å²) < 4.78 is 0. The van der Waals surface area contributed by atoms with E-state index in [0.29, 0.717) is 5.69 Å². The maximum Gasteiger partial charge on any atom is 0.325 e. The summed E-state index contributed by atoms with van der Waals surface area (Å²) in [6.45, 7) is 3.89. The number of nitrogens with zero attached hydrogens (tertiary/aromatic N) is 1. The third-order valence-corrected chi connectivity index (χ3v) is 3.91. The molecule has 0 saturated heterocycles. The minimum Gasteiger partial charge on any atom is -0.307 e. The molecule has 3 amide bonds. The summed E-state index contributed by atoms with van der Waals surface area (Å²) in [5.41, 5.74) is 2.76. The molecule has 0 aliphatic heterocycles. The molecule has 114 valence electrons. The normalized spacial score (nSPS) is 10.1. The first-order valence-electron chi connectivity index (χ1n) is 6.75. The van der Waals surface area contributed by atoms with Gasteiger partial charge < -0.3 is 5.32 Å². The molecule has 5 nitrogen and oxygen atoms in total. The number of pyridine rings is 1. The molecule has 1 heterocycles.